The Bertz CT molecular complexity index is 358. The summed E-state index contributed by atoms with van der Waals surface area (Å²) in [6, 6.07) is 0. The molecule has 0 saturated heterocycles. The van der Waals surface area contributed by atoms with Gasteiger partial charge in [0.2, 0.25) is 0 Å². The van der Waals surface area contributed by atoms with Crippen molar-refractivity contribution < 1.29 is 23.8 Å². The van der Waals surface area contributed by atoms with Crippen molar-refractivity contribution in [2.45, 2.75) is 78.4 Å². The van der Waals surface area contributed by atoms with Crippen molar-refractivity contribution in [3.63, 3.8) is 0 Å². The molecule has 1 rings (SSSR count). The normalized spacial score (nSPS) is 17.3. The first kappa shape index (κ1) is 19.9. The van der Waals surface area contributed by atoms with Gasteiger partial charge in [0.1, 0.15) is 0 Å². The summed E-state index contributed by atoms with van der Waals surface area (Å²) in [7, 11) is 0. The standard InChI is InChI=1S/C18H32O5/c1-13(2)11-21-17(19)10-16(18(20)22-12-14(3)4)23-15-8-6-5-7-9-15/h13-16H,5-12H2,1-4H3. The van der Waals surface area contributed by atoms with Gasteiger partial charge in [-0.1, -0.05) is 47.0 Å². The molecule has 134 valence electrons. The molecule has 0 radical (unpaired) electrons. The van der Waals surface area contributed by atoms with Crippen LogP contribution < -0.4 is 0 Å². The van der Waals surface area contributed by atoms with Crippen LogP contribution in [0.1, 0.15) is 66.2 Å². The summed E-state index contributed by atoms with van der Waals surface area (Å²) < 4.78 is 16.3. The highest BCUT2D eigenvalue weighted by Gasteiger charge is 2.29. The summed E-state index contributed by atoms with van der Waals surface area (Å²) in [4.78, 5) is 24.2. The summed E-state index contributed by atoms with van der Waals surface area (Å²) in [5.74, 6) is -0.335. The summed E-state index contributed by atoms with van der Waals surface area (Å²) in [6.45, 7) is 8.59. The number of rotatable bonds is 9. The monoisotopic (exact) mass is 328 g/mol. The van der Waals surface area contributed by atoms with Gasteiger partial charge in [-0.2, -0.15) is 0 Å². The quantitative estimate of drug-likeness (QED) is 0.606. The van der Waals surface area contributed by atoms with E-state index in [4.69, 9.17) is 14.2 Å². The van der Waals surface area contributed by atoms with Crippen molar-refractivity contribution >= 4 is 11.9 Å². The second kappa shape index (κ2) is 10.6. The van der Waals surface area contributed by atoms with Gasteiger partial charge < -0.3 is 14.2 Å². The second-order valence-corrected chi connectivity index (χ2v) is 7.19. The van der Waals surface area contributed by atoms with Gasteiger partial charge in [-0.25, -0.2) is 4.79 Å². The fourth-order valence-electron chi connectivity index (χ4n) is 2.43. The first-order chi connectivity index (χ1) is 10.9. The first-order valence-electron chi connectivity index (χ1n) is 8.86. The highest BCUT2D eigenvalue weighted by molar-refractivity contribution is 5.81. The van der Waals surface area contributed by atoms with E-state index in [2.05, 4.69) is 0 Å². The predicted octanol–water partition coefficient (Wildman–Crippen LogP) is 3.49. The Balaban J connectivity index is 2.55. The molecule has 1 unspecified atom stereocenters. The minimum Gasteiger partial charge on any atom is -0.465 e. The third-order valence-electron chi connectivity index (χ3n) is 3.66. The number of carbonyl (C=O) groups is 2. The molecule has 0 heterocycles. The Morgan fingerprint density at radius 3 is 2.04 bits per heavy atom. The maximum absolute atomic E-state index is 12.2. The zero-order valence-electron chi connectivity index (χ0n) is 15.0. The molecule has 0 aromatic rings. The van der Waals surface area contributed by atoms with Gasteiger partial charge in [0.15, 0.2) is 6.10 Å². The van der Waals surface area contributed by atoms with Gasteiger partial charge in [-0.15, -0.1) is 0 Å². The zero-order valence-corrected chi connectivity index (χ0v) is 15.0. The van der Waals surface area contributed by atoms with Crippen LogP contribution in [0, 0.1) is 11.8 Å². The lowest BCUT2D eigenvalue weighted by molar-refractivity contribution is -0.170. The molecular formula is C18H32O5. The van der Waals surface area contributed by atoms with Crippen LogP contribution in [0.3, 0.4) is 0 Å². The largest absolute Gasteiger partial charge is 0.465 e. The fourth-order valence-corrected chi connectivity index (χ4v) is 2.43. The third kappa shape index (κ3) is 8.94. The Morgan fingerprint density at radius 1 is 0.913 bits per heavy atom. The highest BCUT2D eigenvalue weighted by atomic mass is 16.6. The van der Waals surface area contributed by atoms with E-state index in [1.807, 2.05) is 27.7 Å². The van der Waals surface area contributed by atoms with Gasteiger partial charge >= 0.3 is 11.9 Å². The molecule has 1 aliphatic rings. The molecule has 1 aliphatic carbocycles. The average Bonchev–Trinajstić information content (AvgIpc) is 2.51. The summed E-state index contributed by atoms with van der Waals surface area (Å²) >= 11 is 0. The Labute approximate surface area is 140 Å². The van der Waals surface area contributed by atoms with Crippen LogP contribution in [0.25, 0.3) is 0 Å². The van der Waals surface area contributed by atoms with Crippen LogP contribution in [-0.2, 0) is 23.8 Å². The van der Waals surface area contributed by atoms with Crippen molar-refractivity contribution in [1.29, 1.82) is 0 Å². The Morgan fingerprint density at radius 2 is 1.48 bits per heavy atom. The maximum Gasteiger partial charge on any atom is 0.335 e. The molecule has 1 atom stereocenters. The maximum atomic E-state index is 12.2. The molecule has 0 aromatic carbocycles. The van der Waals surface area contributed by atoms with E-state index in [9.17, 15) is 9.59 Å². The lowest BCUT2D eigenvalue weighted by Crippen LogP contribution is -2.35. The predicted molar refractivity (Wildman–Crippen MR) is 88.0 cm³/mol. The molecule has 0 amide bonds. The van der Waals surface area contributed by atoms with Gasteiger partial charge in [-0.3, -0.25) is 4.79 Å². The molecule has 0 spiro atoms. The molecule has 0 aliphatic heterocycles. The highest BCUT2D eigenvalue weighted by Crippen LogP contribution is 2.23. The van der Waals surface area contributed by atoms with Crippen molar-refractivity contribution in [3.8, 4) is 0 Å². The van der Waals surface area contributed by atoms with E-state index >= 15 is 0 Å². The van der Waals surface area contributed by atoms with Gasteiger partial charge in [0.25, 0.3) is 0 Å². The van der Waals surface area contributed by atoms with Gasteiger partial charge in [0, 0.05) is 0 Å². The Hall–Kier alpha value is -1.10. The number of hydrogen-bond acceptors (Lipinski definition) is 5. The molecule has 0 aromatic heterocycles. The van der Waals surface area contributed by atoms with E-state index in [0.717, 1.165) is 25.7 Å². The van der Waals surface area contributed by atoms with Crippen LogP contribution in [0.2, 0.25) is 0 Å². The molecule has 23 heavy (non-hydrogen) atoms. The van der Waals surface area contributed by atoms with Crippen molar-refractivity contribution in [2.75, 3.05) is 13.2 Å². The minimum atomic E-state index is -0.850. The van der Waals surface area contributed by atoms with Crippen molar-refractivity contribution in [1.82, 2.24) is 0 Å². The zero-order chi connectivity index (χ0) is 17.2. The van der Waals surface area contributed by atoms with E-state index in [1.54, 1.807) is 0 Å². The average molecular weight is 328 g/mol. The fraction of sp³-hybridized carbons (Fsp3) is 0.889. The summed E-state index contributed by atoms with van der Waals surface area (Å²) in [5, 5.41) is 0. The molecule has 5 heteroatoms. The molecular weight excluding hydrogens is 296 g/mol. The van der Waals surface area contributed by atoms with Gasteiger partial charge in [0.05, 0.1) is 25.7 Å². The van der Waals surface area contributed by atoms with Crippen molar-refractivity contribution in [2.24, 2.45) is 11.8 Å². The lowest BCUT2D eigenvalue weighted by Gasteiger charge is -2.26. The minimum absolute atomic E-state index is 0.0400. The van der Waals surface area contributed by atoms with E-state index in [-0.39, 0.29) is 24.4 Å². The Kier molecular flexibility index (Phi) is 9.22. The third-order valence-corrected chi connectivity index (χ3v) is 3.66. The number of esters is 2. The smallest absolute Gasteiger partial charge is 0.335 e. The SMILES string of the molecule is CC(C)COC(=O)CC(OC1CCCCC1)C(=O)OCC(C)C. The van der Waals surface area contributed by atoms with E-state index < -0.39 is 18.0 Å². The molecule has 0 N–H and O–H groups in total. The lowest BCUT2D eigenvalue weighted by atomic mass is 9.97. The summed E-state index contributed by atoms with van der Waals surface area (Å²) in [5.41, 5.74) is 0. The topological polar surface area (TPSA) is 61.8 Å². The molecule has 1 saturated carbocycles. The van der Waals surface area contributed by atoms with Crippen LogP contribution in [-0.4, -0.2) is 37.4 Å². The van der Waals surface area contributed by atoms with Crippen LogP contribution in [0.15, 0.2) is 0 Å². The van der Waals surface area contributed by atoms with E-state index in [0.29, 0.717) is 13.2 Å². The number of ether oxygens (including phenoxy) is 3. The van der Waals surface area contributed by atoms with Crippen LogP contribution >= 0.6 is 0 Å². The molecule has 0 bridgehead atoms. The van der Waals surface area contributed by atoms with E-state index in [1.165, 1.54) is 6.42 Å². The number of carbonyl (C=O) groups excluding carboxylic acids is 2. The number of hydrogen-bond donors (Lipinski definition) is 0. The molecule has 5 nitrogen and oxygen atoms in total. The first-order valence-corrected chi connectivity index (χ1v) is 8.86. The van der Waals surface area contributed by atoms with Crippen LogP contribution in [0.4, 0.5) is 0 Å². The van der Waals surface area contributed by atoms with Crippen molar-refractivity contribution in [3.05, 3.63) is 0 Å². The molecule has 1 fully saturated rings. The second-order valence-electron chi connectivity index (χ2n) is 7.19. The van der Waals surface area contributed by atoms with Crippen LogP contribution in [0.5, 0.6) is 0 Å². The summed E-state index contributed by atoms with van der Waals surface area (Å²) in [6.07, 6.45) is 4.42. The van der Waals surface area contributed by atoms with Gasteiger partial charge in [-0.05, 0) is 24.7 Å².